The number of ether oxygens (including phenoxy) is 1. The van der Waals surface area contributed by atoms with Crippen molar-refractivity contribution < 1.29 is 9.53 Å². The Morgan fingerprint density at radius 2 is 2.04 bits per heavy atom. The van der Waals surface area contributed by atoms with Gasteiger partial charge in [-0.2, -0.15) is 0 Å². The lowest BCUT2D eigenvalue weighted by Crippen LogP contribution is -2.35. The summed E-state index contributed by atoms with van der Waals surface area (Å²) < 4.78 is 5.57. The van der Waals surface area contributed by atoms with E-state index in [9.17, 15) is 4.79 Å². The molecule has 0 saturated carbocycles. The SMILES string of the molecule is C.CCCCN1CCC(COC(=O)c2c[nH]c3ccccc23)CC1. The minimum absolute atomic E-state index is 0. The number of nitrogens with zero attached hydrogens (tertiary/aromatic N) is 1. The Labute approximate surface area is 145 Å². The minimum atomic E-state index is -0.212. The molecular formula is C20H30N2O2. The van der Waals surface area contributed by atoms with Gasteiger partial charge in [-0.15, -0.1) is 0 Å². The van der Waals surface area contributed by atoms with Crippen LogP contribution in [0.5, 0.6) is 0 Å². The van der Waals surface area contributed by atoms with Gasteiger partial charge in [0.25, 0.3) is 0 Å². The van der Waals surface area contributed by atoms with E-state index in [1.807, 2.05) is 24.3 Å². The third kappa shape index (κ3) is 4.38. The molecule has 4 heteroatoms. The van der Waals surface area contributed by atoms with Crippen LogP contribution in [-0.2, 0) is 4.74 Å². The van der Waals surface area contributed by atoms with Crippen molar-refractivity contribution in [2.24, 2.45) is 5.92 Å². The molecule has 132 valence electrons. The van der Waals surface area contributed by atoms with Gasteiger partial charge in [-0.1, -0.05) is 39.0 Å². The molecule has 0 radical (unpaired) electrons. The van der Waals surface area contributed by atoms with Gasteiger partial charge >= 0.3 is 5.97 Å². The molecule has 3 rings (SSSR count). The quantitative estimate of drug-likeness (QED) is 0.795. The van der Waals surface area contributed by atoms with Gasteiger partial charge in [0, 0.05) is 17.1 Å². The second kappa shape index (κ2) is 8.88. The van der Waals surface area contributed by atoms with Gasteiger partial charge in [0.2, 0.25) is 0 Å². The monoisotopic (exact) mass is 330 g/mol. The van der Waals surface area contributed by atoms with Crippen LogP contribution in [0.15, 0.2) is 30.5 Å². The van der Waals surface area contributed by atoms with Crippen molar-refractivity contribution in [3.8, 4) is 0 Å². The van der Waals surface area contributed by atoms with Gasteiger partial charge in [0.15, 0.2) is 0 Å². The van der Waals surface area contributed by atoms with Gasteiger partial charge in [0.1, 0.15) is 0 Å². The smallest absolute Gasteiger partial charge is 0.340 e. The van der Waals surface area contributed by atoms with Gasteiger partial charge in [0.05, 0.1) is 12.2 Å². The number of aromatic amines is 1. The molecular weight excluding hydrogens is 300 g/mol. The van der Waals surface area contributed by atoms with Gasteiger partial charge in [-0.25, -0.2) is 4.79 Å². The van der Waals surface area contributed by atoms with Crippen LogP contribution >= 0.6 is 0 Å². The molecule has 0 bridgehead atoms. The van der Waals surface area contributed by atoms with Crippen LogP contribution in [-0.4, -0.2) is 42.1 Å². The number of esters is 1. The van der Waals surface area contributed by atoms with E-state index < -0.39 is 0 Å². The minimum Gasteiger partial charge on any atom is -0.462 e. The number of nitrogens with one attached hydrogen (secondary N) is 1. The number of aromatic nitrogens is 1. The van der Waals surface area contributed by atoms with E-state index in [1.165, 1.54) is 19.4 Å². The highest BCUT2D eigenvalue weighted by atomic mass is 16.5. The molecule has 1 fully saturated rings. The van der Waals surface area contributed by atoms with Crippen LogP contribution in [0.25, 0.3) is 10.9 Å². The molecule has 2 heterocycles. The summed E-state index contributed by atoms with van der Waals surface area (Å²) in [7, 11) is 0. The molecule has 1 aliphatic rings. The van der Waals surface area contributed by atoms with Gasteiger partial charge < -0.3 is 14.6 Å². The molecule has 0 aliphatic carbocycles. The zero-order chi connectivity index (χ0) is 16.1. The lowest BCUT2D eigenvalue weighted by Gasteiger charge is -2.31. The predicted octanol–water partition coefficient (Wildman–Crippen LogP) is 4.47. The van der Waals surface area contributed by atoms with Crippen LogP contribution in [0.2, 0.25) is 0 Å². The van der Waals surface area contributed by atoms with E-state index in [0.29, 0.717) is 18.1 Å². The van der Waals surface area contributed by atoms with Crippen molar-refractivity contribution in [1.29, 1.82) is 0 Å². The third-order valence-corrected chi connectivity index (χ3v) is 4.79. The number of H-pyrrole nitrogens is 1. The molecule has 0 unspecified atom stereocenters. The number of rotatable bonds is 6. The lowest BCUT2D eigenvalue weighted by atomic mass is 9.97. The highest BCUT2D eigenvalue weighted by Crippen LogP contribution is 2.21. The Hall–Kier alpha value is -1.81. The molecule has 1 saturated heterocycles. The van der Waals surface area contributed by atoms with Crippen LogP contribution in [0, 0.1) is 5.92 Å². The normalized spacial score (nSPS) is 16.0. The van der Waals surface area contributed by atoms with E-state index in [1.54, 1.807) is 6.20 Å². The maximum atomic E-state index is 12.3. The Balaban J connectivity index is 0.00000208. The Bertz CT molecular complexity index is 642. The number of carbonyl (C=O) groups is 1. The third-order valence-electron chi connectivity index (χ3n) is 4.79. The van der Waals surface area contributed by atoms with Crippen molar-refractivity contribution in [1.82, 2.24) is 9.88 Å². The van der Waals surface area contributed by atoms with Gasteiger partial charge in [-0.3, -0.25) is 0 Å². The van der Waals surface area contributed by atoms with Crippen molar-refractivity contribution in [3.05, 3.63) is 36.0 Å². The summed E-state index contributed by atoms with van der Waals surface area (Å²) in [6, 6.07) is 7.83. The van der Waals surface area contributed by atoms with E-state index in [2.05, 4.69) is 16.8 Å². The molecule has 1 N–H and O–H groups in total. The summed E-state index contributed by atoms with van der Waals surface area (Å²) >= 11 is 0. The number of benzene rings is 1. The Kier molecular flexibility index (Phi) is 6.85. The highest BCUT2D eigenvalue weighted by Gasteiger charge is 2.21. The topological polar surface area (TPSA) is 45.3 Å². The molecule has 0 amide bonds. The average molecular weight is 330 g/mol. The number of hydrogen-bond acceptors (Lipinski definition) is 3. The zero-order valence-corrected chi connectivity index (χ0v) is 13.9. The lowest BCUT2D eigenvalue weighted by molar-refractivity contribution is 0.0374. The summed E-state index contributed by atoms with van der Waals surface area (Å²) in [5, 5.41) is 0.937. The molecule has 0 atom stereocenters. The van der Waals surface area contributed by atoms with Crippen molar-refractivity contribution in [3.63, 3.8) is 0 Å². The molecule has 4 nitrogen and oxygen atoms in total. The molecule has 2 aromatic rings. The molecule has 1 aliphatic heterocycles. The number of para-hydroxylation sites is 1. The van der Waals surface area contributed by atoms with E-state index in [0.717, 1.165) is 36.8 Å². The first kappa shape index (κ1) is 18.5. The van der Waals surface area contributed by atoms with E-state index >= 15 is 0 Å². The van der Waals surface area contributed by atoms with E-state index in [-0.39, 0.29) is 13.4 Å². The van der Waals surface area contributed by atoms with Crippen molar-refractivity contribution in [2.75, 3.05) is 26.2 Å². The summed E-state index contributed by atoms with van der Waals surface area (Å²) in [4.78, 5) is 18.0. The molecule has 1 aromatic carbocycles. The second-order valence-electron chi connectivity index (χ2n) is 6.48. The molecule has 0 spiro atoms. The van der Waals surface area contributed by atoms with Crippen molar-refractivity contribution in [2.45, 2.75) is 40.0 Å². The summed E-state index contributed by atoms with van der Waals surface area (Å²) in [5.41, 5.74) is 1.62. The Morgan fingerprint density at radius 3 is 2.79 bits per heavy atom. The number of hydrogen-bond donors (Lipinski definition) is 1. The molecule has 24 heavy (non-hydrogen) atoms. The maximum Gasteiger partial charge on any atom is 0.340 e. The summed E-state index contributed by atoms with van der Waals surface area (Å²) in [6.45, 7) is 6.25. The fourth-order valence-electron chi connectivity index (χ4n) is 3.27. The first-order valence-electron chi connectivity index (χ1n) is 8.73. The summed E-state index contributed by atoms with van der Waals surface area (Å²) in [5.74, 6) is 0.290. The fraction of sp³-hybridized carbons (Fsp3) is 0.550. The first-order valence-corrected chi connectivity index (χ1v) is 8.73. The number of unbranched alkanes of at least 4 members (excludes halogenated alkanes) is 1. The number of fused-ring (bicyclic) bond motifs is 1. The first-order chi connectivity index (χ1) is 11.3. The number of piperidine rings is 1. The second-order valence-corrected chi connectivity index (χ2v) is 6.48. The predicted molar refractivity (Wildman–Crippen MR) is 99.4 cm³/mol. The van der Waals surface area contributed by atoms with Crippen LogP contribution in [0.4, 0.5) is 0 Å². The highest BCUT2D eigenvalue weighted by molar-refractivity contribution is 6.03. The number of likely N-dealkylation sites (tertiary alicyclic amines) is 1. The number of carbonyl (C=O) groups excluding carboxylic acids is 1. The largest absolute Gasteiger partial charge is 0.462 e. The van der Waals surface area contributed by atoms with Crippen LogP contribution in [0.1, 0.15) is 50.4 Å². The average Bonchev–Trinajstić information content (AvgIpc) is 3.03. The van der Waals surface area contributed by atoms with Crippen molar-refractivity contribution >= 4 is 16.9 Å². The van der Waals surface area contributed by atoms with Gasteiger partial charge in [-0.05, 0) is 50.9 Å². The maximum absolute atomic E-state index is 12.3. The van der Waals surface area contributed by atoms with Crippen LogP contribution in [0.3, 0.4) is 0 Å². The molecule has 1 aromatic heterocycles. The van der Waals surface area contributed by atoms with Crippen LogP contribution < -0.4 is 0 Å². The zero-order valence-electron chi connectivity index (χ0n) is 13.9. The standard InChI is InChI=1S/C19H26N2O2.CH4/c1-2-3-10-21-11-8-15(9-12-21)14-23-19(22)17-13-20-18-7-5-4-6-16(17)18;/h4-7,13,15,20H,2-3,8-12,14H2,1H3;1H4. The Morgan fingerprint density at radius 1 is 1.29 bits per heavy atom. The fourth-order valence-corrected chi connectivity index (χ4v) is 3.27. The van der Waals surface area contributed by atoms with E-state index in [4.69, 9.17) is 4.74 Å². The summed E-state index contributed by atoms with van der Waals surface area (Å²) in [6.07, 6.45) is 6.54.